The quantitative estimate of drug-likeness (QED) is 0.892. The maximum Gasteiger partial charge on any atom is 0.322 e. The molecule has 3 N–H and O–H groups in total. The van der Waals surface area contributed by atoms with Gasteiger partial charge in [0.25, 0.3) is 0 Å². The van der Waals surface area contributed by atoms with Crippen LogP contribution in [-0.2, 0) is 0 Å². The molecule has 0 spiro atoms. The largest absolute Gasteiger partial charge is 0.496 e. The number of nitrogens with two attached hydrogens (primary N) is 1. The van der Waals surface area contributed by atoms with Crippen LogP contribution in [0.2, 0.25) is 0 Å². The highest BCUT2D eigenvalue weighted by Gasteiger charge is 2.46. The van der Waals surface area contributed by atoms with E-state index in [0.29, 0.717) is 0 Å². The molecular weight excluding hydrogens is 302 g/mol. The van der Waals surface area contributed by atoms with Crippen LogP contribution in [0.5, 0.6) is 5.75 Å². The third-order valence-electron chi connectivity index (χ3n) is 4.55. The Morgan fingerprint density at radius 3 is 2.42 bits per heavy atom. The number of carbonyl (C=O) groups is 1. The monoisotopic (exact) mass is 331 g/mol. The molecule has 0 unspecified atom stereocenters. The van der Waals surface area contributed by atoms with E-state index in [0.717, 1.165) is 24.2 Å². The lowest BCUT2D eigenvalue weighted by atomic mass is 9.77. The van der Waals surface area contributed by atoms with E-state index < -0.39 is 0 Å². The number of likely N-dealkylation sites (tertiary alicyclic amines) is 1. The van der Waals surface area contributed by atoms with Gasteiger partial charge < -0.3 is 20.7 Å². The Balaban J connectivity index is 2.12. The number of benzene rings is 1. The summed E-state index contributed by atoms with van der Waals surface area (Å²) in [6.45, 7) is 8.27. The second-order valence-corrected chi connectivity index (χ2v) is 7.65. The SMILES string of the molecule is COc1ccccc1/C=C/NC(=O)N1C(C)(C)CC(N)CC1(C)C. The van der Waals surface area contributed by atoms with Gasteiger partial charge in [0, 0.05) is 28.9 Å². The smallest absolute Gasteiger partial charge is 0.322 e. The van der Waals surface area contributed by atoms with Gasteiger partial charge in [0.15, 0.2) is 0 Å². The second kappa shape index (κ2) is 6.85. The van der Waals surface area contributed by atoms with Crippen LogP contribution in [0.3, 0.4) is 0 Å². The number of methoxy groups -OCH3 is 1. The number of amides is 2. The van der Waals surface area contributed by atoms with Gasteiger partial charge >= 0.3 is 6.03 Å². The fourth-order valence-electron chi connectivity index (χ4n) is 3.98. The highest BCUT2D eigenvalue weighted by atomic mass is 16.5. The normalized spacial score (nSPS) is 20.2. The van der Waals surface area contributed by atoms with Gasteiger partial charge in [0.1, 0.15) is 5.75 Å². The number of rotatable bonds is 3. The predicted octanol–water partition coefficient (Wildman–Crippen LogP) is 3.36. The molecule has 1 saturated heterocycles. The summed E-state index contributed by atoms with van der Waals surface area (Å²) >= 11 is 0. The van der Waals surface area contributed by atoms with Gasteiger partial charge in [-0.05, 0) is 52.7 Å². The number of nitrogens with zero attached hydrogens (tertiary/aromatic N) is 1. The van der Waals surface area contributed by atoms with Gasteiger partial charge in [-0.15, -0.1) is 0 Å². The maximum atomic E-state index is 12.8. The molecular formula is C19H29N3O2. The lowest BCUT2D eigenvalue weighted by molar-refractivity contribution is 0.00444. The van der Waals surface area contributed by atoms with E-state index >= 15 is 0 Å². The Kier molecular flexibility index (Phi) is 5.23. The van der Waals surface area contributed by atoms with Crippen molar-refractivity contribution in [1.29, 1.82) is 0 Å². The molecule has 5 nitrogen and oxygen atoms in total. The number of hydrogen-bond donors (Lipinski definition) is 2. The van der Waals surface area contributed by atoms with E-state index in [1.807, 2.05) is 35.2 Å². The number of para-hydroxylation sites is 1. The first-order valence-corrected chi connectivity index (χ1v) is 8.33. The van der Waals surface area contributed by atoms with Crippen molar-refractivity contribution in [1.82, 2.24) is 10.2 Å². The molecule has 1 aliphatic heterocycles. The van der Waals surface area contributed by atoms with E-state index in [9.17, 15) is 4.79 Å². The molecule has 0 aromatic heterocycles. The van der Waals surface area contributed by atoms with Crippen LogP contribution in [0, 0.1) is 0 Å². The molecule has 1 aromatic rings. The number of piperidine rings is 1. The zero-order chi connectivity index (χ0) is 18.0. The Morgan fingerprint density at radius 2 is 1.83 bits per heavy atom. The minimum absolute atomic E-state index is 0.108. The first-order chi connectivity index (χ1) is 11.2. The Hall–Kier alpha value is -2.01. The number of carbonyl (C=O) groups excluding carboxylic acids is 1. The van der Waals surface area contributed by atoms with Crippen molar-refractivity contribution in [3.8, 4) is 5.75 Å². The van der Waals surface area contributed by atoms with Crippen LogP contribution in [0.4, 0.5) is 4.79 Å². The predicted molar refractivity (Wildman–Crippen MR) is 97.8 cm³/mol. The number of urea groups is 1. The molecule has 1 heterocycles. The van der Waals surface area contributed by atoms with Crippen LogP contribution in [0.1, 0.15) is 46.1 Å². The third-order valence-corrected chi connectivity index (χ3v) is 4.55. The molecule has 0 aliphatic carbocycles. The molecule has 132 valence electrons. The molecule has 5 heteroatoms. The summed E-state index contributed by atoms with van der Waals surface area (Å²) in [4.78, 5) is 14.7. The van der Waals surface area contributed by atoms with E-state index in [4.69, 9.17) is 10.5 Å². The number of ether oxygens (including phenoxy) is 1. The average molecular weight is 331 g/mol. The van der Waals surface area contributed by atoms with Crippen molar-refractivity contribution in [2.24, 2.45) is 5.73 Å². The Labute approximate surface area is 144 Å². The van der Waals surface area contributed by atoms with Crippen LogP contribution in [0.25, 0.3) is 6.08 Å². The van der Waals surface area contributed by atoms with Crippen LogP contribution >= 0.6 is 0 Å². The van der Waals surface area contributed by atoms with Crippen LogP contribution in [0.15, 0.2) is 30.5 Å². The first kappa shape index (κ1) is 18.3. The van der Waals surface area contributed by atoms with Crippen LogP contribution in [-0.4, -0.2) is 35.2 Å². The van der Waals surface area contributed by atoms with E-state index in [-0.39, 0.29) is 23.2 Å². The number of hydrogen-bond acceptors (Lipinski definition) is 3. The lowest BCUT2D eigenvalue weighted by Crippen LogP contribution is -2.66. The second-order valence-electron chi connectivity index (χ2n) is 7.65. The van der Waals surface area contributed by atoms with E-state index in [2.05, 4.69) is 33.0 Å². The molecule has 0 saturated carbocycles. The minimum atomic E-state index is -0.288. The van der Waals surface area contributed by atoms with Gasteiger partial charge in [0.2, 0.25) is 0 Å². The van der Waals surface area contributed by atoms with Gasteiger partial charge in [-0.2, -0.15) is 0 Å². The zero-order valence-electron chi connectivity index (χ0n) is 15.3. The summed E-state index contributed by atoms with van der Waals surface area (Å²) in [5.41, 5.74) is 6.51. The molecule has 0 atom stereocenters. The molecule has 0 radical (unpaired) electrons. The fraction of sp³-hybridized carbons (Fsp3) is 0.526. The molecule has 24 heavy (non-hydrogen) atoms. The highest BCUT2D eigenvalue weighted by molar-refractivity contribution is 5.78. The summed E-state index contributed by atoms with van der Waals surface area (Å²) in [6, 6.07) is 7.68. The van der Waals surface area contributed by atoms with Gasteiger partial charge in [-0.3, -0.25) is 0 Å². The molecule has 1 aliphatic rings. The van der Waals surface area contributed by atoms with Crippen molar-refractivity contribution in [2.75, 3.05) is 7.11 Å². The topological polar surface area (TPSA) is 67.6 Å². The van der Waals surface area contributed by atoms with Crippen molar-refractivity contribution in [3.63, 3.8) is 0 Å². The Bertz CT molecular complexity index is 605. The fourth-order valence-corrected chi connectivity index (χ4v) is 3.98. The highest BCUT2D eigenvalue weighted by Crippen LogP contribution is 2.37. The first-order valence-electron chi connectivity index (χ1n) is 8.33. The lowest BCUT2D eigenvalue weighted by Gasteiger charge is -2.54. The molecule has 1 aromatic carbocycles. The third kappa shape index (κ3) is 3.90. The molecule has 2 rings (SSSR count). The summed E-state index contributed by atoms with van der Waals surface area (Å²) in [5.74, 6) is 0.771. The maximum absolute atomic E-state index is 12.8. The van der Waals surface area contributed by atoms with Gasteiger partial charge in [-0.1, -0.05) is 18.2 Å². The average Bonchev–Trinajstić information content (AvgIpc) is 2.44. The molecule has 2 amide bonds. The van der Waals surface area contributed by atoms with E-state index in [1.165, 1.54) is 0 Å². The Morgan fingerprint density at radius 1 is 1.25 bits per heavy atom. The summed E-state index contributed by atoms with van der Waals surface area (Å²) in [5, 5.41) is 2.89. The zero-order valence-corrected chi connectivity index (χ0v) is 15.3. The summed E-state index contributed by atoms with van der Waals surface area (Å²) in [7, 11) is 1.63. The summed E-state index contributed by atoms with van der Waals surface area (Å²) < 4.78 is 5.31. The van der Waals surface area contributed by atoms with Crippen molar-refractivity contribution in [2.45, 2.75) is 57.7 Å². The van der Waals surface area contributed by atoms with Gasteiger partial charge in [-0.25, -0.2) is 4.79 Å². The molecule has 0 bridgehead atoms. The number of nitrogens with one attached hydrogen (secondary N) is 1. The van der Waals surface area contributed by atoms with E-state index in [1.54, 1.807) is 13.3 Å². The van der Waals surface area contributed by atoms with Crippen molar-refractivity contribution < 1.29 is 9.53 Å². The standard InChI is InChI=1S/C19H29N3O2/c1-18(2)12-15(20)13-19(3,4)22(18)17(23)21-11-10-14-8-6-7-9-16(14)24-5/h6-11,15H,12-13,20H2,1-5H3,(H,21,23)/b11-10+. The molecule has 1 fully saturated rings. The van der Waals surface area contributed by atoms with Crippen molar-refractivity contribution in [3.05, 3.63) is 36.0 Å². The van der Waals surface area contributed by atoms with Crippen LogP contribution < -0.4 is 15.8 Å². The minimum Gasteiger partial charge on any atom is -0.496 e. The summed E-state index contributed by atoms with van der Waals surface area (Å²) in [6.07, 6.45) is 5.09. The van der Waals surface area contributed by atoms with Crippen molar-refractivity contribution >= 4 is 12.1 Å². The van der Waals surface area contributed by atoms with Gasteiger partial charge in [0.05, 0.1) is 7.11 Å².